The topological polar surface area (TPSA) is 120 Å². The summed E-state index contributed by atoms with van der Waals surface area (Å²) in [5.74, 6) is -1.97. The average Bonchev–Trinajstić information content (AvgIpc) is 2.37. The number of nitrogens with zero attached hydrogens (tertiary/aromatic N) is 2. The van der Waals surface area contributed by atoms with Gasteiger partial charge in [-0.1, -0.05) is 6.07 Å². The molecular weight excluding hydrogens is 282 g/mol. The van der Waals surface area contributed by atoms with E-state index in [1.165, 1.54) is 13.1 Å². The van der Waals surface area contributed by atoms with Crippen molar-refractivity contribution < 1.29 is 18.9 Å². The molecule has 0 aliphatic heterocycles. The summed E-state index contributed by atoms with van der Waals surface area (Å²) in [7, 11) is -1.54. The van der Waals surface area contributed by atoms with Gasteiger partial charge >= 0.3 is 5.97 Å². The smallest absolute Gasteiger partial charge is 0.327 e. The minimum absolute atomic E-state index is 0.0140. The van der Waals surface area contributed by atoms with Crippen molar-refractivity contribution in [3.63, 3.8) is 0 Å². The number of rotatable bonds is 6. The molecular formula is C12H13N3O4S. The van der Waals surface area contributed by atoms with Gasteiger partial charge in [0, 0.05) is 29.5 Å². The molecule has 0 saturated carbocycles. The highest BCUT2D eigenvalue weighted by atomic mass is 32.2. The molecule has 8 heteroatoms. The number of carboxylic acids is 1. The molecule has 2 unspecified atom stereocenters. The number of carboxylic acid groups (broad SMARTS) is 1. The summed E-state index contributed by atoms with van der Waals surface area (Å²) >= 11 is 0. The molecule has 2 N–H and O–H groups in total. The third kappa shape index (κ3) is 4.78. The quantitative estimate of drug-likeness (QED) is 0.749. The molecule has 1 heterocycles. The Morgan fingerprint density at radius 2 is 2.30 bits per heavy atom. The zero-order valence-corrected chi connectivity index (χ0v) is 11.5. The fourth-order valence-corrected chi connectivity index (χ4v) is 2.79. The maximum Gasteiger partial charge on any atom is 0.327 e. The lowest BCUT2D eigenvalue weighted by Crippen LogP contribution is -2.43. The third-order valence-corrected chi connectivity index (χ3v) is 3.68. The van der Waals surface area contributed by atoms with Crippen LogP contribution < -0.4 is 5.32 Å². The second kappa shape index (κ2) is 7.35. The number of nitriles is 1. The van der Waals surface area contributed by atoms with Gasteiger partial charge in [0.2, 0.25) is 5.91 Å². The Labute approximate surface area is 118 Å². The normalized spacial score (nSPS) is 13.0. The zero-order valence-electron chi connectivity index (χ0n) is 10.7. The number of aliphatic carboxylic acids is 1. The van der Waals surface area contributed by atoms with Crippen molar-refractivity contribution in [1.29, 1.82) is 5.26 Å². The lowest BCUT2D eigenvalue weighted by molar-refractivity contribution is -0.140. The van der Waals surface area contributed by atoms with Gasteiger partial charge in [-0.25, -0.2) is 9.78 Å². The van der Waals surface area contributed by atoms with Crippen LogP contribution in [-0.4, -0.2) is 38.0 Å². The third-order valence-electron chi connectivity index (χ3n) is 2.34. The van der Waals surface area contributed by atoms with Crippen molar-refractivity contribution in [2.24, 2.45) is 0 Å². The summed E-state index contributed by atoms with van der Waals surface area (Å²) in [6, 6.07) is 3.88. The monoisotopic (exact) mass is 295 g/mol. The lowest BCUT2D eigenvalue weighted by atomic mass is 10.2. The van der Waals surface area contributed by atoms with Gasteiger partial charge in [-0.2, -0.15) is 5.26 Å². The van der Waals surface area contributed by atoms with Crippen LogP contribution in [0.25, 0.3) is 0 Å². The van der Waals surface area contributed by atoms with Crippen molar-refractivity contribution in [3.05, 3.63) is 29.6 Å². The van der Waals surface area contributed by atoms with Crippen LogP contribution in [-0.2, 0) is 26.1 Å². The van der Waals surface area contributed by atoms with E-state index in [-0.39, 0.29) is 17.2 Å². The average molecular weight is 295 g/mol. The Hall–Kier alpha value is -2.27. The molecule has 106 valence electrons. The first-order valence-electron chi connectivity index (χ1n) is 5.63. The number of carbonyl (C=O) groups excluding carboxylic acids is 1. The molecule has 0 aliphatic rings. The molecule has 0 aromatic carbocycles. The molecule has 0 spiro atoms. The molecule has 0 radical (unpaired) electrons. The van der Waals surface area contributed by atoms with Gasteiger partial charge in [0.15, 0.2) is 0 Å². The molecule has 1 aromatic heterocycles. The molecule has 0 saturated heterocycles. The minimum atomic E-state index is -1.54. The Kier molecular flexibility index (Phi) is 5.80. The van der Waals surface area contributed by atoms with Crippen LogP contribution in [0.1, 0.15) is 18.2 Å². The number of amides is 1. The first-order chi connectivity index (χ1) is 9.43. The molecule has 20 heavy (non-hydrogen) atoms. The van der Waals surface area contributed by atoms with E-state index >= 15 is 0 Å². The molecule has 1 rings (SSSR count). The van der Waals surface area contributed by atoms with Crippen LogP contribution in [0.15, 0.2) is 18.3 Å². The fraction of sp³-hybridized carbons (Fsp3) is 0.333. The molecule has 7 nitrogen and oxygen atoms in total. The maximum atomic E-state index is 11.9. The predicted molar refractivity (Wildman–Crippen MR) is 70.9 cm³/mol. The molecule has 0 aliphatic carbocycles. The molecule has 0 bridgehead atoms. The highest BCUT2D eigenvalue weighted by Gasteiger charge is 2.21. The van der Waals surface area contributed by atoms with E-state index in [0.717, 1.165) is 0 Å². The van der Waals surface area contributed by atoms with E-state index in [1.807, 2.05) is 6.07 Å². The first kappa shape index (κ1) is 15.8. The van der Waals surface area contributed by atoms with Gasteiger partial charge in [-0.3, -0.25) is 9.00 Å². The SMILES string of the molecule is CC(=O)NC(CS(=O)Cc1cccnc1C#N)C(=O)O. The molecule has 0 fully saturated rings. The second-order valence-electron chi connectivity index (χ2n) is 3.97. The maximum absolute atomic E-state index is 11.9. The Balaban J connectivity index is 2.73. The Bertz CT molecular complexity index is 582. The standard InChI is InChI=1S/C12H13N3O4S/c1-8(16)15-11(12(17)18)7-20(19)6-9-3-2-4-14-10(9)5-13/h2-4,11H,6-7H2,1H3,(H,15,16)(H,17,18). The van der Waals surface area contributed by atoms with Crippen LogP contribution in [0.5, 0.6) is 0 Å². The van der Waals surface area contributed by atoms with E-state index in [9.17, 15) is 13.8 Å². The molecule has 1 aromatic rings. The van der Waals surface area contributed by atoms with Crippen LogP contribution >= 0.6 is 0 Å². The van der Waals surface area contributed by atoms with E-state index in [1.54, 1.807) is 12.1 Å². The Morgan fingerprint density at radius 3 is 2.85 bits per heavy atom. The number of nitrogens with one attached hydrogen (secondary N) is 1. The summed E-state index contributed by atoms with van der Waals surface area (Å²) in [5, 5.41) is 20.0. The lowest BCUT2D eigenvalue weighted by Gasteiger charge is -2.12. The van der Waals surface area contributed by atoms with Crippen LogP contribution in [0.4, 0.5) is 0 Å². The number of pyridine rings is 1. The summed E-state index contributed by atoms with van der Waals surface area (Å²) in [6.07, 6.45) is 1.45. The number of hydrogen-bond donors (Lipinski definition) is 2. The van der Waals surface area contributed by atoms with Gasteiger partial charge in [-0.05, 0) is 6.07 Å². The summed E-state index contributed by atoms with van der Waals surface area (Å²) in [5.41, 5.74) is 0.646. The first-order valence-corrected chi connectivity index (χ1v) is 7.11. The van der Waals surface area contributed by atoms with E-state index < -0.39 is 28.7 Å². The van der Waals surface area contributed by atoms with E-state index in [4.69, 9.17) is 10.4 Å². The number of hydrogen-bond acceptors (Lipinski definition) is 5. The van der Waals surface area contributed by atoms with Crippen LogP contribution in [0.2, 0.25) is 0 Å². The van der Waals surface area contributed by atoms with Gasteiger partial charge < -0.3 is 10.4 Å². The number of aromatic nitrogens is 1. The van der Waals surface area contributed by atoms with Crippen LogP contribution in [0.3, 0.4) is 0 Å². The molecule has 2 atom stereocenters. The summed E-state index contributed by atoms with van der Waals surface area (Å²) in [4.78, 5) is 25.6. The van der Waals surface area contributed by atoms with Gasteiger partial charge in [0.1, 0.15) is 17.8 Å². The van der Waals surface area contributed by atoms with Crippen molar-refractivity contribution in [3.8, 4) is 6.07 Å². The van der Waals surface area contributed by atoms with Crippen molar-refractivity contribution >= 4 is 22.7 Å². The van der Waals surface area contributed by atoms with Gasteiger partial charge in [0.05, 0.1) is 11.5 Å². The van der Waals surface area contributed by atoms with Crippen LogP contribution in [0, 0.1) is 11.3 Å². The second-order valence-corrected chi connectivity index (χ2v) is 5.47. The van der Waals surface area contributed by atoms with Crippen molar-refractivity contribution in [1.82, 2.24) is 10.3 Å². The summed E-state index contributed by atoms with van der Waals surface area (Å²) < 4.78 is 11.9. The van der Waals surface area contributed by atoms with E-state index in [0.29, 0.717) is 5.56 Å². The Morgan fingerprint density at radius 1 is 1.60 bits per heavy atom. The fourth-order valence-electron chi connectivity index (χ4n) is 1.49. The van der Waals surface area contributed by atoms with Gasteiger partial charge in [0.25, 0.3) is 0 Å². The van der Waals surface area contributed by atoms with Gasteiger partial charge in [-0.15, -0.1) is 0 Å². The predicted octanol–water partition coefficient (Wildman–Crippen LogP) is -0.209. The zero-order chi connectivity index (χ0) is 15.1. The van der Waals surface area contributed by atoms with E-state index in [2.05, 4.69) is 10.3 Å². The van der Waals surface area contributed by atoms with Crippen molar-refractivity contribution in [2.45, 2.75) is 18.7 Å². The van der Waals surface area contributed by atoms with Crippen molar-refractivity contribution in [2.75, 3.05) is 5.75 Å². The summed E-state index contributed by atoms with van der Waals surface area (Å²) in [6.45, 7) is 1.19. The number of carbonyl (C=O) groups is 2. The highest BCUT2D eigenvalue weighted by molar-refractivity contribution is 7.84. The highest BCUT2D eigenvalue weighted by Crippen LogP contribution is 2.08. The minimum Gasteiger partial charge on any atom is -0.480 e. The largest absolute Gasteiger partial charge is 0.480 e. The molecule has 1 amide bonds.